The summed E-state index contributed by atoms with van der Waals surface area (Å²) in [5.74, 6) is -1.09. The molecule has 3 aromatic rings. The van der Waals surface area contributed by atoms with E-state index in [0.717, 1.165) is 10.9 Å². The predicted octanol–water partition coefficient (Wildman–Crippen LogP) is 3.35. The van der Waals surface area contributed by atoms with Crippen molar-refractivity contribution >= 4 is 34.4 Å². The number of hydrogen-bond acceptors (Lipinski definition) is 4. The van der Waals surface area contributed by atoms with E-state index in [1.807, 2.05) is 32.0 Å². The number of H-pyrrole nitrogens is 1. The molecule has 0 aliphatic rings. The molecular weight excluding hydrogens is 370 g/mol. The van der Waals surface area contributed by atoms with Crippen LogP contribution in [0.3, 0.4) is 0 Å². The quantitative estimate of drug-likeness (QED) is 0.536. The van der Waals surface area contributed by atoms with Gasteiger partial charge in [-0.3, -0.25) is 9.59 Å². The summed E-state index contributed by atoms with van der Waals surface area (Å²) in [6, 6.07) is 14.0. The molecule has 0 spiro atoms. The Kier molecular flexibility index (Phi) is 6.29. The van der Waals surface area contributed by atoms with Crippen LogP contribution in [0.25, 0.3) is 10.9 Å². The lowest BCUT2D eigenvalue weighted by Crippen LogP contribution is -2.29. The van der Waals surface area contributed by atoms with Gasteiger partial charge in [0.15, 0.2) is 6.61 Å². The largest absolute Gasteiger partial charge is 0.452 e. The second-order valence-electron chi connectivity index (χ2n) is 7.02. The number of hydrogen-bond donors (Lipinski definition) is 3. The van der Waals surface area contributed by atoms with Crippen LogP contribution in [0.5, 0.6) is 0 Å². The van der Waals surface area contributed by atoms with Gasteiger partial charge in [-0.1, -0.05) is 44.2 Å². The highest BCUT2D eigenvalue weighted by Crippen LogP contribution is 2.19. The van der Waals surface area contributed by atoms with Crippen molar-refractivity contribution < 1.29 is 19.1 Å². The number of carbonyl (C=O) groups excluding carboxylic acids is 3. The fourth-order valence-corrected chi connectivity index (χ4v) is 2.82. The third-order valence-electron chi connectivity index (χ3n) is 4.26. The van der Waals surface area contributed by atoms with Crippen molar-refractivity contribution in [2.45, 2.75) is 13.8 Å². The van der Waals surface area contributed by atoms with Crippen LogP contribution in [0, 0.1) is 5.92 Å². The molecule has 1 aromatic heterocycles. The topological polar surface area (TPSA) is 100 Å². The van der Waals surface area contributed by atoms with Gasteiger partial charge in [0.05, 0.1) is 16.8 Å². The van der Waals surface area contributed by atoms with Crippen LogP contribution in [0.2, 0.25) is 0 Å². The maximum atomic E-state index is 12.3. The second kappa shape index (κ2) is 9.05. The Labute approximate surface area is 168 Å². The predicted molar refractivity (Wildman–Crippen MR) is 111 cm³/mol. The molecule has 0 aliphatic heterocycles. The first-order chi connectivity index (χ1) is 14.0. The first-order valence-electron chi connectivity index (χ1n) is 9.36. The molecule has 0 saturated heterocycles. The van der Waals surface area contributed by atoms with Gasteiger partial charge < -0.3 is 20.4 Å². The molecule has 1 heterocycles. The molecule has 2 aromatic carbocycles. The number of benzene rings is 2. The molecule has 0 bridgehead atoms. The summed E-state index contributed by atoms with van der Waals surface area (Å²) in [4.78, 5) is 39.9. The van der Waals surface area contributed by atoms with Crippen molar-refractivity contribution in [1.29, 1.82) is 0 Å². The SMILES string of the molecule is CC(C)CNC(=O)c1ccccc1NC(=O)COC(=O)c1c[nH]c2ccccc12. The number of ether oxygens (including phenoxy) is 1. The fraction of sp³-hybridized carbons (Fsp3) is 0.227. The van der Waals surface area contributed by atoms with Crippen molar-refractivity contribution in [2.24, 2.45) is 5.92 Å². The number of nitrogens with one attached hydrogen (secondary N) is 3. The zero-order chi connectivity index (χ0) is 20.8. The number of para-hydroxylation sites is 2. The third-order valence-corrected chi connectivity index (χ3v) is 4.26. The van der Waals surface area contributed by atoms with Crippen LogP contribution in [0.15, 0.2) is 54.7 Å². The molecule has 150 valence electrons. The highest BCUT2D eigenvalue weighted by molar-refractivity contribution is 6.06. The third kappa shape index (κ3) is 5.01. The molecule has 2 amide bonds. The number of carbonyl (C=O) groups is 3. The second-order valence-corrected chi connectivity index (χ2v) is 7.02. The highest BCUT2D eigenvalue weighted by Gasteiger charge is 2.17. The maximum Gasteiger partial charge on any atom is 0.340 e. The van der Waals surface area contributed by atoms with Crippen LogP contribution in [0.4, 0.5) is 5.69 Å². The minimum absolute atomic E-state index is 0.273. The zero-order valence-corrected chi connectivity index (χ0v) is 16.3. The van der Waals surface area contributed by atoms with Gasteiger partial charge in [0.1, 0.15) is 0 Å². The van der Waals surface area contributed by atoms with E-state index in [-0.39, 0.29) is 5.91 Å². The standard InChI is InChI=1S/C22H23N3O4/c1-14(2)11-24-21(27)16-8-4-6-10-19(16)25-20(26)13-29-22(28)17-12-23-18-9-5-3-7-15(17)18/h3-10,12,14,23H,11,13H2,1-2H3,(H,24,27)(H,25,26). The zero-order valence-electron chi connectivity index (χ0n) is 16.3. The van der Waals surface area contributed by atoms with Gasteiger partial charge in [-0.25, -0.2) is 4.79 Å². The van der Waals surface area contributed by atoms with Crippen molar-refractivity contribution in [2.75, 3.05) is 18.5 Å². The molecule has 7 nitrogen and oxygen atoms in total. The van der Waals surface area contributed by atoms with Gasteiger partial charge in [0.2, 0.25) is 0 Å². The first kappa shape index (κ1) is 20.1. The molecule has 0 saturated carbocycles. The van der Waals surface area contributed by atoms with Crippen LogP contribution in [0.1, 0.15) is 34.6 Å². The van der Waals surface area contributed by atoms with E-state index >= 15 is 0 Å². The summed E-state index contributed by atoms with van der Waals surface area (Å²) in [7, 11) is 0. The van der Waals surface area contributed by atoms with Crippen LogP contribution in [-0.2, 0) is 9.53 Å². The van der Waals surface area contributed by atoms with Gasteiger partial charge >= 0.3 is 5.97 Å². The number of aromatic nitrogens is 1. The average Bonchev–Trinajstić information content (AvgIpc) is 3.15. The normalized spacial score (nSPS) is 10.7. The molecular formula is C22H23N3O4. The lowest BCUT2D eigenvalue weighted by atomic mass is 10.1. The van der Waals surface area contributed by atoms with E-state index in [9.17, 15) is 14.4 Å². The fourth-order valence-electron chi connectivity index (χ4n) is 2.82. The van der Waals surface area contributed by atoms with E-state index in [1.165, 1.54) is 0 Å². The van der Waals surface area contributed by atoms with Gasteiger partial charge in [-0.05, 0) is 24.1 Å². The minimum Gasteiger partial charge on any atom is -0.452 e. The molecule has 0 radical (unpaired) electrons. The van der Waals surface area contributed by atoms with E-state index in [1.54, 1.807) is 36.5 Å². The van der Waals surface area contributed by atoms with Crippen molar-refractivity contribution in [1.82, 2.24) is 10.3 Å². The molecule has 0 atom stereocenters. The molecule has 7 heteroatoms. The van der Waals surface area contributed by atoms with Crippen molar-refractivity contribution in [3.05, 3.63) is 65.9 Å². The van der Waals surface area contributed by atoms with Crippen LogP contribution >= 0.6 is 0 Å². The molecule has 3 rings (SSSR count). The monoisotopic (exact) mass is 393 g/mol. The number of rotatable bonds is 7. The van der Waals surface area contributed by atoms with Crippen LogP contribution in [-0.4, -0.2) is 35.9 Å². The Hall–Kier alpha value is -3.61. The highest BCUT2D eigenvalue weighted by atomic mass is 16.5. The minimum atomic E-state index is -0.597. The smallest absolute Gasteiger partial charge is 0.340 e. The summed E-state index contributed by atoms with van der Waals surface area (Å²) in [6.07, 6.45) is 1.55. The van der Waals surface area contributed by atoms with Gasteiger partial charge in [-0.2, -0.15) is 0 Å². The molecule has 3 N–H and O–H groups in total. The Morgan fingerprint density at radius 3 is 2.52 bits per heavy atom. The Balaban J connectivity index is 1.61. The van der Waals surface area contributed by atoms with Crippen molar-refractivity contribution in [3.8, 4) is 0 Å². The maximum absolute atomic E-state index is 12.3. The summed E-state index contributed by atoms with van der Waals surface area (Å²) in [5.41, 5.74) is 1.89. The van der Waals surface area contributed by atoms with E-state index in [2.05, 4.69) is 15.6 Å². The number of anilines is 1. The van der Waals surface area contributed by atoms with E-state index < -0.39 is 18.5 Å². The summed E-state index contributed by atoms with van der Waals surface area (Å²) in [5, 5.41) is 6.18. The van der Waals surface area contributed by atoms with E-state index in [4.69, 9.17) is 4.74 Å². The first-order valence-corrected chi connectivity index (χ1v) is 9.36. The average molecular weight is 393 g/mol. The number of amides is 2. The molecule has 0 aliphatic carbocycles. The van der Waals surface area contributed by atoms with Gasteiger partial charge in [0, 0.05) is 23.6 Å². The lowest BCUT2D eigenvalue weighted by Gasteiger charge is -2.12. The van der Waals surface area contributed by atoms with Crippen LogP contribution < -0.4 is 10.6 Å². The van der Waals surface area contributed by atoms with Gasteiger partial charge in [0.25, 0.3) is 11.8 Å². The van der Waals surface area contributed by atoms with E-state index in [0.29, 0.717) is 29.3 Å². The summed E-state index contributed by atoms with van der Waals surface area (Å²) >= 11 is 0. The molecule has 0 unspecified atom stereocenters. The summed E-state index contributed by atoms with van der Waals surface area (Å²) in [6.45, 7) is 4.07. The Morgan fingerprint density at radius 1 is 1.00 bits per heavy atom. The van der Waals surface area contributed by atoms with Gasteiger partial charge in [-0.15, -0.1) is 0 Å². The molecule has 0 fully saturated rings. The molecule has 29 heavy (non-hydrogen) atoms. The summed E-state index contributed by atoms with van der Waals surface area (Å²) < 4.78 is 5.14. The number of fused-ring (bicyclic) bond motifs is 1. The van der Waals surface area contributed by atoms with Crippen molar-refractivity contribution in [3.63, 3.8) is 0 Å². The Bertz CT molecular complexity index is 1040. The number of aromatic amines is 1. The lowest BCUT2D eigenvalue weighted by molar-refractivity contribution is -0.119. The number of esters is 1. The Morgan fingerprint density at radius 2 is 1.72 bits per heavy atom.